The molecule has 1 N–H and O–H groups in total. The maximum absolute atomic E-state index is 13.2. The standard InChI is InChI=1S/C28H24N4O4/c1-16-10-11-17(2)23(14-16)31-26(34)21-13-12-19(15-22(21)27(31)35)25(33)29-24-18(3)30(4)32(28(24)36)20-8-6-5-7-9-20/h5-15H,1-4H3,(H,29,33). The first-order chi connectivity index (χ1) is 17.2. The molecule has 4 aromatic rings. The van der Waals surface area contributed by atoms with Crippen molar-refractivity contribution in [1.82, 2.24) is 9.36 Å². The van der Waals surface area contributed by atoms with Crippen LogP contribution >= 0.6 is 0 Å². The Morgan fingerprint density at radius 1 is 0.806 bits per heavy atom. The summed E-state index contributed by atoms with van der Waals surface area (Å²) in [6, 6.07) is 19.1. The zero-order valence-electron chi connectivity index (χ0n) is 20.3. The van der Waals surface area contributed by atoms with Gasteiger partial charge in [0.1, 0.15) is 5.69 Å². The quantitative estimate of drug-likeness (QED) is 0.444. The van der Waals surface area contributed by atoms with Crippen LogP contribution in [0.4, 0.5) is 11.4 Å². The topological polar surface area (TPSA) is 93.4 Å². The van der Waals surface area contributed by atoms with Gasteiger partial charge in [0, 0.05) is 12.6 Å². The van der Waals surface area contributed by atoms with Gasteiger partial charge in [-0.3, -0.25) is 23.9 Å². The van der Waals surface area contributed by atoms with Crippen molar-refractivity contribution in [3.8, 4) is 5.69 Å². The highest BCUT2D eigenvalue weighted by molar-refractivity contribution is 6.35. The number of anilines is 2. The highest BCUT2D eigenvalue weighted by Crippen LogP contribution is 2.32. The van der Waals surface area contributed by atoms with Crippen LogP contribution in [0, 0.1) is 20.8 Å². The lowest BCUT2D eigenvalue weighted by Crippen LogP contribution is -2.30. The van der Waals surface area contributed by atoms with Gasteiger partial charge in [-0.15, -0.1) is 0 Å². The lowest BCUT2D eigenvalue weighted by atomic mass is 10.1. The van der Waals surface area contributed by atoms with E-state index in [1.165, 1.54) is 22.9 Å². The fourth-order valence-electron chi connectivity index (χ4n) is 4.46. The number of hydrogen-bond donors (Lipinski definition) is 1. The summed E-state index contributed by atoms with van der Waals surface area (Å²) in [7, 11) is 1.74. The molecule has 0 spiro atoms. The third-order valence-corrected chi connectivity index (χ3v) is 6.55. The van der Waals surface area contributed by atoms with E-state index in [-0.39, 0.29) is 27.9 Å². The maximum Gasteiger partial charge on any atom is 0.295 e. The predicted molar refractivity (Wildman–Crippen MR) is 137 cm³/mol. The van der Waals surface area contributed by atoms with Gasteiger partial charge in [0.2, 0.25) is 0 Å². The molecule has 1 aliphatic heterocycles. The minimum atomic E-state index is -0.547. The number of nitrogens with one attached hydrogen (secondary N) is 1. The number of hydrogen-bond acceptors (Lipinski definition) is 4. The van der Waals surface area contributed by atoms with Crippen molar-refractivity contribution in [3.63, 3.8) is 0 Å². The average molecular weight is 481 g/mol. The van der Waals surface area contributed by atoms with E-state index >= 15 is 0 Å². The van der Waals surface area contributed by atoms with Crippen molar-refractivity contribution in [2.24, 2.45) is 7.05 Å². The highest BCUT2D eigenvalue weighted by Gasteiger charge is 2.38. The summed E-state index contributed by atoms with van der Waals surface area (Å²) in [6.07, 6.45) is 0. The fraction of sp³-hybridized carbons (Fsp3) is 0.143. The molecule has 0 saturated heterocycles. The summed E-state index contributed by atoms with van der Waals surface area (Å²) in [5.74, 6) is -1.46. The Bertz CT molecular complexity index is 1630. The Morgan fingerprint density at radius 3 is 2.22 bits per heavy atom. The van der Waals surface area contributed by atoms with Gasteiger partial charge in [-0.05, 0) is 68.3 Å². The molecule has 3 amide bonds. The molecule has 8 nitrogen and oxygen atoms in total. The molecule has 1 aliphatic rings. The SMILES string of the molecule is Cc1ccc(C)c(N2C(=O)c3ccc(C(=O)Nc4c(C)n(C)n(-c5ccccc5)c4=O)cc3C2=O)c1. The lowest BCUT2D eigenvalue weighted by molar-refractivity contribution is 0.0925. The number of benzene rings is 3. The molecular weight excluding hydrogens is 456 g/mol. The van der Waals surface area contributed by atoms with E-state index in [0.29, 0.717) is 17.1 Å². The fourth-order valence-corrected chi connectivity index (χ4v) is 4.46. The molecular formula is C28H24N4O4. The summed E-state index contributed by atoms with van der Waals surface area (Å²) >= 11 is 0. The molecule has 0 saturated carbocycles. The van der Waals surface area contributed by atoms with Gasteiger partial charge >= 0.3 is 0 Å². The number of imide groups is 1. The second-order valence-electron chi connectivity index (χ2n) is 8.89. The van der Waals surface area contributed by atoms with Crippen LogP contribution in [0.1, 0.15) is 47.9 Å². The van der Waals surface area contributed by atoms with Crippen molar-refractivity contribution in [2.75, 3.05) is 10.2 Å². The predicted octanol–water partition coefficient (Wildman–Crippen LogP) is 4.15. The number of carbonyl (C=O) groups excluding carboxylic acids is 3. The summed E-state index contributed by atoms with van der Waals surface area (Å²) in [5.41, 5.74) is 3.82. The van der Waals surface area contributed by atoms with Crippen molar-refractivity contribution < 1.29 is 14.4 Å². The van der Waals surface area contributed by atoms with Gasteiger partial charge in [-0.25, -0.2) is 9.58 Å². The summed E-state index contributed by atoms with van der Waals surface area (Å²) < 4.78 is 3.14. The van der Waals surface area contributed by atoms with Gasteiger partial charge in [-0.1, -0.05) is 30.3 Å². The number of nitrogens with zero attached hydrogens (tertiary/aromatic N) is 3. The first-order valence-electron chi connectivity index (χ1n) is 11.4. The normalized spacial score (nSPS) is 12.7. The number of rotatable bonds is 4. The zero-order chi connectivity index (χ0) is 25.7. The van der Waals surface area contributed by atoms with E-state index < -0.39 is 17.7 Å². The number of fused-ring (bicyclic) bond motifs is 1. The Labute approximate surface area is 207 Å². The molecule has 2 heterocycles. The minimum Gasteiger partial charge on any atom is -0.316 e. The van der Waals surface area contributed by atoms with E-state index in [9.17, 15) is 19.2 Å². The molecule has 0 fully saturated rings. The number of amides is 3. The first kappa shape index (κ1) is 23.0. The van der Waals surface area contributed by atoms with E-state index in [1.807, 2.05) is 44.2 Å². The van der Waals surface area contributed by atoms with Crippen molar-refractivity contribution >= 4 is 29.1 Å². The Balaban J connectivity index is 1.47. The molecule has 0 atom stereocenters. The van der Waals surface area contributed by atoms with Crippen molar-refractivity contribution in [2.45, 2.75) is 20.8 Å². The van der Waals surface area contributed by atoms with E-state index in [2.05, 4.69) is 5.32 Å². The third kappa shape index (κ3) is 3.54. The van der Waals surface area contributed by atoms with Crippen LogP contribution in [0.15, 0.2) is 71.5 Å². The molecule has 5 rings (SSSR count). The van der Waals surface area contributed by atoms with Crippen LogP contribution < -0.4 is 15.8 Å². The van der Waals surface area contributed by atoms with Crippen LogP contribution in [0.25, 0.3) is 5.69 Å². The van der Waals surface area contributed by atoms with Crippen LogP contribution in [0.3, 0.4) is 0 Å². The smallest absolute Gasteiger partial charge is 0.295 e. The average Bonchev–Trinajstić information content (AvgIpc) is 3.24. The molecule has 0 bridgehead atoms. The van der Waals surface area contributed by atoms with Gasteiger partial charge in [0.15, 0.2) is 0 Å². The maximum atomic E-state index is 13.2. The number of para-hydroxylation sites is 1. The summed E-state index contributed by atoms with van der Waals surface area (Å²) in [4.78, 5) is 53.7. The second-order valence-corrected chi connectivity index (χ2v) is 8.89. The summed E-state index contributed by atoms with van der Waals surface area (Å²) in [5, 5.41) is 2.70. The molecule has 8 heteroatoms. The van der Waals surface area contributed by atoms with E-state index in [1.54, 1.807) is 36.9 Å². The van der Waals surface area contributed by atoms with Gasteiger partial charge in [0.05, 0.1) is 28.2 Å². The van der Waals surface area contributed by atoms with E-state index in [0.717, 1.165) is 16.0 Å². The molecule has 36 heavy (non-hydrogen) atoms. The van der Waals surface area contributed by atoms with E-state index in [4.69, 9.17) is 0 Å². The van der Waals surface area contributed by atoms with Gasteiger partial charge in [-0.2, -0.15) is 0 Å². The summed E-state index contributed by atoms with van der Waals surface area (Å²) in [6.45, 7) is 5.46. The molecule has 0 radical (unpaired) electrons. The third-order valence-electron chi connectivity index (χ3n) is 6.55. The lowest BCUT2D eigenvalue weighted by Gasteiger charge is -2.17. The number of carbonyl (C=O) groups is 3. The second kappa shape index (κ2) is 8.49. The number of aryl methyl sites for hydroxylation is 2. The van der Waals surface area contributed by atoms with Crippen molar-refractivity contribution in [3.05, 3.63) is 111 Å². The minimum absolute atomic E-state index is 0.145. The number of aromatic nitrogens is 2. The van der Waals surface area contributed by atoms with Crippen molar-refractivity contribution in [1.29, 1.82) is 0 Å². The molecule has 1 aromatic heterocycles. The zero-order valence-corrected chi connectivity index (χ0v) is 20.3. The Morgan fingerprint density at radius 2 is 1.50 bits per heavy atom. The van der Waals surface area contributed by atoms with Gasteiger partial charge in [0.25, 0.3) is 23.3 Å². The molecule has 0 aliphatic carbocycles. The first-order valence-corrected chi connectivity index (χ1v) is 11.4. The Hall–Kier alpha value is -4.72. The Kier molecular flexibility index (Phi) is 5.44. The monoisotopic (exact) mass is 480 g/mol. The largest absolute Gasteiger partial charge is 0.316 e. The van der Waals surface area contributed by atoms with Gasteiger partial charge < -0.3 is 5.32 Å². The van der Waals surface area contributed by atoms with Crippen LogP contribution in [0.5, 0.6) is 0 Å². The molecule has 180 valence electrons. The highest BCUT2D eigenvalue weighted by atomic mass is 16.2. The van der Waals surface area contributed by atoms with Crippen LogP contribution in [0.2, 0.25) is 0 Å². The molecule has 0 unspecified atom stereocenters. The van der Waals surface area contributed by atoms with Crippen LogP contribution in [-0.4, -0.2) is 27.1 Å². The molecule has 3 aromatic carbocycles. The van der Waals surface area contributed by atoms with Crippen LogP contribution in [-0.2, 0) is 7.05 Å².